The van der Waals surface area contributed by atoms with Crippen molar-refractivity contribution in [2.45, 2.75) is 69.5 Å². The number of nitrogens with one attached hydrogen (secondary N) is 2. The third-order valence-electron chi connectivity index (χ3n) is 7.93. The van der Waals surface area contributed by atoms with Crippen molar-refractivity contribution in [2.24, 2.45) is 0 Å². The van der Waals surface area contributed by atoms with Crippen molar-refractivity contribution in [3.05, 3.63) is 39.0 Å². The van der Waals surface area contributed by atoms with Crippen LogP contribution in [0.4, 0.5) is 24.1 Å². The highest BCUT2D eigenvalue weighted by atomic mass is 32.1. The van der Waals surface area contributed by atoms with E-state index in [2.05, 4.69) is 21.4 Å². The number of aromatic nitrogens is 2. The van der Waals surface area contributed by atoms with E-state index in [0.717, 1.165) is 35.9 Å². The fraction of sp³-hybridized carbons (Fsp3) is 0.538. The van der Waals surface area contributed by atoms with Gasteiger partial charge in [-0.2, -0.15) is 18.4 Å². The number of aliphatic hydroxyl groups excluding tert-OH is 1. The van der Waals surface area contributed by atoms with Crippen LogP contribution in [0, 0.1) is 16.7 Å². The number of rotatable bonds is 2. The van der Waals surface area contributed by atoms with E-state index in [1.807, 2.05) is 6.92 Å². The Kier molecular flexibility index (Phi) is 6.86. The van der Waals surface area contributed by atoms with Gasteiger partial charge in [0.25, 0.3) is 0 Å². The number of allylic oxidation sites excluding steroid dienone is 1. The molecular formula is C26H30F3N7OS. The molecule has 2 aliphatic carbocycles. The van der Waals surface area contributed by atoms with Gasteiger partial charge >= 0.3 is 6.18 Å². The van der Waals surface area contributed by atoms with E-state index in [1.165, 1.54) is 11.3 Å². The molecule has 0 bridgehead atoms. The van der Waals surface area contributed by atoms with Gasteiger partial charge in [0.05, 0.1) is 5.56 Å². The van der Waals surface area contributed by atoms with E-state index in [9.17, 15) is 28.9 Å². The van der Waals surface area contributed by atoms with Crippen molar-refractivity contribution in [1.82, 2.24) is 15.3 Å². The molecule has 0 unspecified atom stereocenters. The van der Waals surface area contributed by atoms with Gasteiger partial charge in [-0.25, -0.2) is 9.97 Å². The molecule has 1 saturated heterocycles. The summed E-state index contributed by atoms with van der Waals surface area (Å²) in [7, 11) is 0. The summed E-state index contributed by atoms with van der Waals surface area (Å²) in [5.41, 5.74) is 5.50. The quantitative estimate of drug-likeness (QED) is 0.392. The van der Waals surface area contributed by atoms with Crippen molar-refractivity contribution in [3.63, 3.8) is 0 Å². The maximum Gasteiger partial charge on any atom is 0.433 e. The number of anilines is 2. The number of nitrogen functional groups attached to an aromatic ring is 1. The summed E-state index contributed by atoms with van der Waals surface area (Å²) in [4.78, 5) is 10.9. The van der Waals surface area contributed by atoms with Crippen LogP contribution in [0.3, 0.4) is 0 Å². The number of nitrogens with two attached hydrogens (primary N) is 1. The first-order valence-electron chi connectivity index (χ1n) is 12.8. The van der Waals surface area contributed by atoms with E-state index < -0.39 is 23.0 Å². The molecular weight excluding hydrogens is 515 g/mol. The van der Waals surface area contributed by atoms with Gasteiger partial charge < -0.3 is 26.5 Å². The Morgan fingerprint density at radius 1 is 1.29 bits per heavy atom. The fourth-order valence-corrected chi connectivity index (χ4v) is 7.27. The highest BCUT2D eigenvalue weighted by Gasteiger charge is 2.47. The predicted octanol–water partition coefficient (Wildman–Crippen LogP) is 4.95. The van der Waals surface area contributed by atoms with Gasteiger partial charge in [-0.15, -0.1) is 11.3 Å². The molecule has 5 N–H and O–H groups in total. The molecule has 5 rings (SSSR count). The van der Waals surface area contributed by atoms with Gasteiger partial charge in [-0.3, -0.25) is 0 Å². The number of halogens is 3. The molecule has 2 aromatic rings. The highest BCUT2D eigenvalue weighted by molar-refractivity contribution is 7.16. The van der Waals surface area contributed by atoms with Crippen LogP contribution >= 0.6 is 11.3 Å². The lowest BCUT2D eigenvalue weighted by atomic mass is 9.60. The summed E-state index contributed by atoms with van der Waals surface area (Å²) in [5.74, 6) is -0.523. The average molecular weight is 546 g/mol. The Morgan fingerprint density at radius 3 is 2.74 bits per heavy atom. The minimum atomic E-state index is -4.74. The van der Waals surface area contributed by atoms with E-state index in [0.29, 0.717) is 55.8 Å². The summed E-state index contributed by atoms with van der Waals surface area (Å²) in [6.45, 7) is 3.68. The van der Waals surface area contributed by atoms with Crippen LogP contribution in [0.25, 0.3) is 5.76 Å². The molecule has 12 heteroatoms. The molecule has 1 aliphatic heterocycles. The van der Waals surface area contributed by atoms with Gasteiger partial charge in [0.2, 0.25) is 5.95 Å². The zero-order valence-electron chi connectivity index (χ0n) is 21.1. The molecule has 202 valence electrons. The number of nitriles is 1. The van der Waals surface area contributed by atoms with Crippen molar-refractivity contribution in [1.29, 1.82) is 10.7 Å². The van der Waals surface area contributed by atoms with Gasteiger partial charge in [0.15, 0.2) is 5.69 Å². The fourth-order valence-electron chi connectivity index (χ4n) is 6.11. The molecule has 2 fully saturated rings. The van der Waals surface area contributed by atoms with Gasteiger partial charge in [-0.05, 0) is 70.0 Å². The Labute approximate surface area is 222 Å². The first-order chi connectivity index (χ1) is 18.1. The molecule has 1 saturated carbocycles. The second kappa shape index (κ2) is 9.85. The number of thiophene rings is 1. The molecule has 8 nitrogen and oxygen atoms in total. The topological polar surface area (TPSA) is 135 Å². The predicted molar refractivity (Wildman–Crippen MR) is 141 cm³/mol. The van der Waals surface area contributed by atoms with E-state index in [1.54, 1.807) is 4.90 Å². The highest BCUT2D eigenvalue weighted by Crippen LogP contribution is 2.52. The summed E-state index contributed by atoms with van der Waals surface area (Å²) in [6.07, 6.45) is -0.297. The number of aliphatic hydroxyl groups is 1. The first kappa shape index (κ1) is 26.4. The Morgan fingerprint density at radius 2 is 2.03 bits per heavy atom. The number of hydrogen-bond acceptors (Lipinski definition) is 9. The number of hydrogen-bond donors (Lipinski definition) is 4. The Hall–Kier alpha value is -3.17. The third-order valence-corrected chi connectivity index (χ3v) is 9.01. The third kappa shape index (κ3) is 4.41. The van der Waals surface area contributed by atoms with E-state index in [-0.39, 0.29) is 29.0 Å². The van der Waals surface area contributed by atoms with Crippen LogP contribution in [0.1, 0.15) is 72.8 Å². The Bertz CT molecular complexity index is 1350. The molecule has 38 heavy (non-hydrogen) atoms. The zero-order chi connectivity index (χ0) is 27.2. The molecule has 0 amide bonds. The standard InChI is InChI=1S/C26H30F3N7OS/c1-14-13-33-9-4-10-36(14)24-34-17(11-19(35-24)26(27,28)29)21(37)15-5-2-7-25(22(15)31)8-3-6-18-20(25)16(12-30)23(32)38-18/h11,14,31,33,37H,2-10,13,32H2,1H3/b21-15-,31-22?/t14-,25-/m0/s1. The SMILES string of the molecule is C[C@H]1CNCCCN1c1nc(/C(O)=C2\CCC[C@@]3(CCCc4sc(N)c(C#N)c43)C2=N)cc(C(F)(F)F)n1. The van der Waals surface area contributed by atoms with Crippen LogP contribution in [0.2, 0.25) is 0 Å². The van der Waals surface area contributed by atoms with Crippen LogP contribution in [0.15, 0.2) is 11.6 Å². The molecule has 0 radical (unpaired) electrons. The summed E-state index contributed by atoms with van der Waals surface area (Å²) >= 11 is 1.37. The number of fused-ring (bicyclic) bond motifs is 2. The Balaban J connectivity index is 1.63. The number of nitrogens with zero attached hydrogens (tertiary/aromatic N) is 4. The lowest BCUT2D eigenvalue weighted by Gasteiger charge is -2.42. The van der Waals surface area contributed by atoms with Crippen LogP contribution in [0.5, 0.6) is 0 Å². The van der Waals surface area contributed by atoms with Crippen molar-refractivity contribution in [3.8, 4) is 6.07 Å². The largest absolute Gasteiger partial charge is 0.505 e. The maximum atomic E-state index is 13.9. The summed E-state index contributed by atoms with van der Waals surface area (Å²) in [5, 5.41) is 34.1. The summed E-state index contributed by atoms with van der Waals surface area (Å²) < 4.78 is 41.7. The van der Waals surface area contributed by atoms with Crippen molar-refractivity contribution >= 4 is 33.8 Å². The smallest absolute Gasteiger partial charge is 0.433 e. The van der Waals surface area contributed by atoms with Crippen molar-refractivity contribution < 1.29 is 18.3 Å². The number of alkyl halides is 3. The van der Waals surface area contributed by atoms with E-state index in [4.69, 9.17) is 5.73 Å². The van der Waals surface area contributed by atoms with Crippen LogP contribution < -0.4 is 16.0 Å². The number of aryl methyl sites for hydroxylation is 1. The van der Waals surface area contributed by atoms with Gasteiger partial charge in [-0.1, -0.05) is 0 Å². The minimum Gasteiger partial charge on any atom is -0.505 e. The molecule has 1 spiro atoms. The molecule has 3 heterocycles. The average Bonchev–Trinajstić information content (AvgIpc) is 3.06. The van der Waals surface area contributed by atoms with Crippen LogP contribution in [-0.4, -0.2) is 46.5 Å². The van der Waals surface area contributed by atoms with Crippen LogP contribution in [-0.2, 0) is 18.0 Å². The monoisotopic (exact) mass is 545 g/mol. The normalized spacial score (nSPS) is 25.6. The van der Waals surface area contributed by atoms with Gasteiger partial charge in [0.1, 0.15) is 22.5 Å². The molecule has 0 aromatic carbocycles. The van der Waals surface area contributed by atoms with Gasteiger partial charge in [0, 0.05) is 40.7 Å². The maximum absolute atomic E-state index is 13.9. The molecule has 2 atom stereocenters. The zero-order valence-corrected chi connectivity index (χ0v) is 21.9. The lowest BCUT2D eigenvalue weighted by Crippen LogP contribution is -2.42. The first-order valence-corrected chi connectivity index (χ1v) is 13.7. The molecule has 3 aliphatic rings. The molecule has 2 aromatic heterocycles. The second-order valence-corrected chi connectivity index (χ2v) is 11.4. The van der Waals surface area contributed by atoms with E-state index >= 15 is 0 Å². The lowest BCUT2D eigenvalue weighted by molar-refractivity contribution is -0.141. The minimum absolute atomic E-state index is 0.0902. The second-order valence-electron chi connectivity index (χ2n) is 10.3. The summed E-state index contributed by atoms with van der Waals surface area (Å²) in [6, 6.07) is 2.82. The van der Waals surface area contributed by atoms with Crippen molar-refractivity contribution in [2.75, 3.05) is 30.3 Å².